The third-order valence-electron chi connectivity index (χ3n) is 2.57. The zero-order valence-electron chi connectivity index (χ0n) is 9.15. The van der Waals surface area contributed by atoms with E-state index in [1.807, 2.05) is 53.4 Å². The number of benzene rings is 1. The summed E-state index contributed by atoms with van der Waals surface area (Å²) in [6, 6.07) is 11.2. The molecule has 0 aliphatic heterocycles. The molecule has 0 spiro atoms. The molecule has 2 N–H and O–H groups in total. The fraction of sp³-hybridized carbons (Fsp3) is 0.154. The first-order valence-electron chi connectivity index (χ1n) is 5.30. The van der Waals surface area contributed by atoms with Crippen molar-refractivity contribution in [3.63, 3.8) is 0 Å². The Labute approximate surface area is 98.8 Å². The molecule has 4 heteroatoms. The van der Waals surface area contributed by atoms with Crippen molar-refractivity contribution in [3.8, 4) is 5.69 Å². The largest absolute Gasteiger partial charge is 0.479 e. The Bertz CT molecular complexity index is 505. The van der Waals surface area contributed by atoms with Crippen molar-refractivity contribution in [2.24, 2.45) is 0 Å². The number of hydrogen-bond donors (Lipinski definition) is 2. The molecule has 0 saturated carbocycles. The number of nitrogens with zero attached hydrogens (tertiary/aromatic N) is 1. The Morgan fingerprint density at radius 2 is 1.82 bits per heavy atom. The minimum atomic E-state index is -1.37. The van der Waals surface area contributed by atoms with Gasteiger partial charge < -0.3 is 14.8 Å². The molecule has 0 amide bonds. The van der Waals surface area contributed by atoms with Gasteiger partial charge in [0.1, 0.15) is 0 Å². The molecule has 0 aliphatic rings. The van der Waals surface area contributed by atoms with Crippen LogP contribution in [0.2, 0.25) is 0 Å². The number of rotatable bonds is 4. The van der Waals surface area contributed by atoms with Crippen LogP contribution >= 0.6 is 0 Å². The topological polar surface area (TPSA) is 62.5 Å². The van der Waals surface area contributed by atoms with Crippen LogP contribution < -0.4 is 0 Å². The first-order valence-corrected chi connectivity index (χ1v) is 5.30. The minimum Gasteiger partial charge on any atom is -0.479 e. The quantitative estimate of drug-likeness (QED) is 0.837. The number of aliphatic hydroxyl groups excluding tert-OH is 1. The number of para-hydroxylation sites is 1. The van der Waals surface area contributed by atoms with E-state index >= 15 is 0 Å². The SMILES string of the molecule is O=C(O)C(O)Cc1ccccc1-n1cccc1. The highest BCUT2D eigenvalue weighted by atomic mass is 16.4. The summed E-state index contributed by atoms with van der Waals surface area (Å²) in [5.41, 5.74) is 1.69. The summed E-state index contributed by atoms with van der Waals surface area (Å²) in [4.78, 5) is 10.6. The number of aromatic nitrogens is 1. The van der Waals surface area contributed by atoms with Gasteiger partial charge in [-0.25, -0.2) is 4.79 Å². The van der Waals surface area contributed by atoms with Gasteiger partial charge in [0.15, 0.2) is 6.10 Å². The summed E-state index contributed by atoms with van der Waals surface area (Å²) in [6.07, 6.45) is 2.49. The van der Waals surface area contributed by atoms with E-state index < -0.39 is 12.1 Å². The van der Waals surface area contributed by atoms with Gasteiger partial charge in [0.05, 0.1) is 0 Å². The van der Waals surface area contributed by atoms with Crippen molar-refractivity contribution in [1.29, 1.82) is 0 Å². The molecule has 1 aromatic carbocycles. The summed E-state index contributed by atoms with van der Waals surface area (Å²) < 4.78 is 1.89. The van der Waals surface area contributed by atoms with E-state index in [9.17, 15) is 9.90 Å². The highest BCUT2D eigenvalue weighted by Crippen LogP contribution is 2.16. The predicted molar refractivity (Wildman–Crippen MR) is 63.1 cm³/mol. The van der Waals surface area contributed by atoms with Gasteiger partial charge in [0.2, 0.25) is 0 Å². The van der Waals surface area contributed by atoms with Crippen molar-refractivity contribution < 1.29 is 15.0 Å². The summed E-state index contributed by atoms with van der Waals surface area (Å²) in [7, 11) is 0. The maximum atomic E-state index is 10.6. The number of carboxylic acids is 1. The Balaban J connectivity index is 2.32. The number of aliphatic hydroxyl groups is 1. The number of hydrogen-bond acceptors (Lipinski definition) is 2. The van der Waals surface area contributed by atoms with Crippen LogP contribution in [0.1, 0.15) is 5.56 Å². The molecule has 1 unspecified atom stereocenters. The second kappa shape index (κ2) is 4.84. The van der Waals surface area contributed by atoms with E-state index in [0.717, 1.165) is 11.3 Å². The van der Waals surface area contributed by atoms with E-state index in [2.05, 4.69) is 0 Å². The van der Waals surface area contributed by atoms with Crippen LogP contribution in [-0.2, 0) is 11.2 Å². The van der Waals surface area contributed by atoms with Crippen molar-refractivity contribution in [3.05, 3.63) is 54.4 Å². The Hall–Kier alpha value is -2.07. The monoisotopic (exact) mass is 231 g/mol. The van der Waals surface area contributed by atoms with Gasteiger partial charge in [-0.15, -0.1) is 0 Å². The van der Waals surface area contributed by atoms with Gasteiger partial charge in [-0.1, -0.05) is 18.2 Å². The third-order valence-corrected chi connectivity index (χ3v) is 2.57. The Kier molecular flexibility index (Phi) is 3.25. The van der Waals surface area contributed by atoms with E-state index in [-0.39, 0.29) is 6.42 Å². The molecule has 0 fully saturated rings. The number of aliphatic carboxylic acids is 1. The zero-order valence-corrected chi connectivity index (χ0v) is 9.15. The normalized spacial score (nSPS) is 12.3. The predicted octanol–water partition coefficient (Wildman–Crippen LogP) is 1.47. The van der Waals surface area contributed by atoms with Crippen LogP contribution in [0.3, 0.4) is 0 Å². The molecule has 2 aromatic rings. The van der Waals surface area contributed by atoms with Crippen LogP contribution in [-0.4, -0.2) is 26.9 Å². The lowest BCUT2D eigenvalue weighted by atomic mass is 10.1. The maximum Gasteiger partial charge on any atom is 0.332 e. The fourth-order valence-corrected chi connectivity index (χ4v) is 1.73. The van der Waals surface area contributed by atoms with Gasteiger partial charge >= 0.3 is 5.97 Å². The third kappa shape index (κ3) is 2.54. The van der Waals surface area contributed by atoms with Crippen molar-refractivity contribution in [1.82, 2.24) is 4.57 Å². The molecule has 0 bridgehead atoms. The molecular weight excluding hydrogens is 218 g/mol. The highest BCUT2D eigenvalue weighted by Gasteiger charge is 2.15. The highest BCUT2D eigenvalue weighted by molar-refractivity contribution is 5.72. The second-order valence-corrected chi connectivity index (χ2v) is 3.78. The smallest absolute Gasteiger partial charge is 0.332 e. The van der Waals surface area contributed by atoms with Crippen LogP contribution in [0, 0.1) is 0 Å². The summed E-state index contributed by atoms with van der Waals surface area (Å²) >= 11 is 0. The van der Waals surface area contributed by atoms with E-state index in [1.54, 1.807) is 0 Å². The fourth-order valence-electron chi connectivity index (χ4n) is 1.73. The van der Waals surface area contributed by atoms with Crippen LogP contribution in [0.4, 0.5) is 0 Å². The average molecular weight is 231 g/mol. The number of carboxylic acid groups (broad SMARTS) is 1. The number of carbonyl (C=O) groups is 1. The Morgan fingerprint density at radius 3 is 2.47 bits per heavy atom. The molecule has 2 rings (SSSR count). The van der Waals surface area contributed by atoms with E-state index in [1.165, 1.54) is 0 Å². The molecule has 17 heavy (non-hydrogen) atoms. The van der Waals surface area contributed by atoms with Gasteiger partial charge in [0, 0.05) is 24.5 Å². The van der Waals surface area contributed by atoms with Crippen LogP contribution in [0.5, 0.6) is 0 Å². The van der Waals surface area contributed by atoms with E-state index in [0.29, 0.717) is 0 Å². The molecule has 1 atom stereocenters. The Morgan fingerprint density at radius 1 is 1.18 bits per heavy atom. The minimum absolute atomic E-state index is 0.101. The van der Waals surface area contributed by atoms with Gasteiger partial charge in [-0.05, 0) is 23.8 Å². The summed E-state index contributed by atoms with van der Waals surface area (Å²) in [5, 5.41) is 18.1. The maximum absolute atomic E-state index is 10.6. The van der Waals surface area contributed by atoms with Crippen molar-refractivity contribution in [2.45, 2.75) is 12.5 Å². The van der Waals surface area contributed by atoms with Crippen LogP contribution in [0.25, 0.3) is 5.69 Å². The second-order valence-electron chi connectivity index (χ2n) is 3.78. The molecule has 0 radical (unpaired) electrons. The van der Waals surface area contributed by atoms with Gasteiger partial charge in [0.25, 0.3) is 0 Å². The standard InChI is InChI=1S/C13H13NO3/c15-12(13(16)17)9-10-5-1-2-6-11(10)14-7-3-4-8-14/h1-8,12,15H,9H2,(H,16,17). The van der Waals surface area contributed by atoms with Crippen molar-refractivity contribution in [2.75, 3.05) is 0 Å². The molecular formula is C13H13NO3. The molecule has 1 aromatic heterocycles. The van der Waals surface area contributed by atoms with Crippen LogP contribution in [0.15, 0.2) is 48.8 Å². The average Bonchev–Trinajstić information content (AvgIpc) is 2.83. The molecule has 88 valence electrons. The molecule has 0 aliphatic carbocycles. The summed E-state index contributed by atoms with van der Waals surface area (Å²) in [6.45, 7) is 0. The first-order chi connectivity index (χ1) is 8.18. The molecule has 1 heterocycles. The molecule has 0 saturated heterocycles. The molecule has 4 nitrogen and oxygen atoms in total. The van der Waals surface area contributed by atoms with Crippen molar-refractivity contribution >= 4 is 5.97 Å². The lowest BCUT2D eigenvalue weighted by molar-refractivity contribution is -0.146. The lowest BCUT2D eigenvalue weighted by Gasteiger charge is -2.12. The zero-order chi connectivity index (χ0) is 12.3. The first kappa shape index (κ1) is 11.4. The lowest BCUT2D eigenvalue weighted by Crippen LogP contribution is -2.22. The van der Waals surface area contributed by atoms with Gasteiger partial charge in [-0.3, -0.25) is 0 Å². The van der Waals surface area contributed by atoms with E-state index in [4.69, 9.17) is 5.11 Å². The van der Waals surface area contributed by atoms with Gasteiger partial charge in [-0.2, -0.15) is 0 Å². The summed E-state index contributed by atoms with van der Waals surface area (Å²) in [5.74, 6) is -1.20.